The van der Waals surface area contributed by atoms with E-state index >= 15 is 0 Å². The summed E-state index contributed by atoms with van der Waals surface area (Å²) in [6.07, 6.45) is 3.99. The first kappa shape index (κ1) is 9.40. The predicted octanol–water partition coefficient (Wildman–Crippen LogP) is 0.668. The van der Waals surface area contributed by atoms with Crippen molar-refractivity contribution in [1.29, 1.82) is 0 Å². The van der Waals surface area contributed by atoms with Crippen LogP contribution >= 0.6 is 0 Å². The molecular weight excluding hydrogens is 178 g/mol. The molecule has 1 aliphatic carbocycles. The van der Waals surface area contributed by atoms with Gasteiger partial charge in [-0.1, -0.05) is 0 Å². The van der Waals surface area contributed by atoms with Crippen molar-refractivity contribution >= 4 is 0 Å². The summed E-state index contributed by atoms with van der Waals surface area (Å²) < 4.78 is 0. The van der Waals surface area contributed by atoms with Crippen LogP contribution in [0.4, 0.5) is 0 Å². The fourth-order valence-corrected chi connectivity index (χ4v) is 1.84. The number of nitrogens with zero attached hydrogens (tertiary/aromatic N) is 1. The van der Waals surface area contributed by atoms with Crippen LogP contribution in [0.1, 0.15) is 42.9 Å². The Hall–Kier alpha value is -1.16. The third-order valence-corrected chi connectivity index (χ3v) is 2.64. The van der Waals surface area contributed by atoms with Crippen molar-refractivity contribution < 1.29 is 0 Å². The van der Waals surface area contributed by atoms with Crippen molar-refractivity contribution in [3.63, 3.8) is 0 Å². The summed E-state index contributed by atoms with van der Waals surface area (Å²) in [5, 5.41) is 0. The first-order valence-corrected chi connectivity index (χ1v) is 5.06. The molecule has 0 spiro atoms. The molecule has 0 saturated carbocycles. The third kappa shape index (κ3) is 1.57. The van der Waals surface area contributed by atoms with E-state index in [1.165, 1.54) is 0 Å². The first-order valence-electron chi connectivity index (χ1n) is 5.06. The number of fused-ring (bicyclic) bond motifs is 1. The van der Waals surface area contributed by atoms with Crippen LogP contribution < -0.4 is 11.3 Å². The Morgan fingerprint density at radius 3 is 2.86 bits per heavy atom. The molecule has 1 atom stereocenters. The largest absolute Gasteiger partial charge is 0.322 e. The Kier molecular flexibility index (Phi) is 2.37. The first-order chi connectivity index (χ1) is 6.68. The fourth-order valence-electron chi connectivity index (χ4n) is 1.84. The molecule has 14 heavy (non-hydrogen) atoms. The van der Waals surface area contributed by atoms with Gasteiger partial charge in [0, 0.05) is 5.56 Å². The van der Waals surface area contributed by atoms with E-state index in [0.717, 1.165) is 36.9 Å². The van der Waals surface area contributed by atoms with Crippen molar-refractivity contribution in [3.8, 4) is 0 Å². The normalized spacial score (nSPS) is 17.6. The molecule has 4 nitrogen and oxygen atoms in total. The molecule has 0 fully saturated rings. The number of nitrogens with two attached hydrogens (primary N) is 1. The Morgan fingerprint density at radius 1 is 1.43 bits per heavy atom. The molecule has 0 aromatic carbocycles. The zero-order chi connectivity index (χ0) is 10.1. The molecule has 0 radical (unpaired) electrons. The average Bonchev–Trinajstić information content (AvgIpc) is 2.17. The second-order valence-electron chi connectivity index (χ2n) is 3.87. The quantitative estimate of drug-likeness (QED) is 0.688. The summed E-state index contributed by atoms with van der Waals surface area (Å²) in [5.74, 6) is 0.607. The molecule has 1 aliphatic rings. The summed E-state index contributed by atoms with van der Waals surface area (Å²) in [5.41, 5.74) is 7.50. The molecule has 1 unspecified atom stereocenters. The van der Waals surface area contributed by atoms with E-state index in [4.69, 9.17) is 5.73 Å². The number of aromatic nitrogens is 2. The van der Waals surface area contributed by atoms with E-state index in [1.807, 2.05) is 6.92 Å². The smallest absolute Gasteiger partial charge is 0.254 e. The van der Waals surface area contributed by atoms with Crippen molar-refractivity contribution in [2.45, 2.75) is 38.6 Å². The number of nitrogens with one attached hydrogen (secondary N) is 1. The van der Waals surface area contributed by atoms with Gasteiger partial charge in [-0.05, 0) is 32.6 Å². The van der Waals surface area contributed by atoms with Gasteiger partial charge in [0.05, 0.1) is 11.7 Å². The van der Waals surface area contributed by atoms with E-state index in [-0.39, 0.29) is 11.6 Å². The SMILES string of the molecule is CC(N)c1nc2c(c(=O)[nH]1)CCCC2. The van der Waals surface area contributed by atoms with Gasteiger partial charge in [0.25, 0.3) is 5.56 Å². The van der Waals surface area contributed by atoms with Gasteiger partial charge >= 0.3 is 0 Å². The Bertz CT molecular complexity index is 395. The highest BCUT2D eigenvalue weighted by atomic mass is 16.1. The van der Waals surface area contributed by atoms with Crippen molar-refractivity contribution in [2.75, 3.05) is 0 Å². The highest BCUT2D eigenvalue weighted by Gasteiger charge is 2.16. The van der Waals surface area contributed by atoms with Gasteiger partial charge in [-0.25, -0.2) is 4.98 Å². The summed E-state index contributed by atoms with van der Waals surface area (Å²) in [7, 11) is 0. The number of hydrogen-bond acceptors (Lipinski definition) is 3. The zero-order valence-corrected chi connectivity index (χ0v) is 8.34. The maximum absolute atomic E-state index is 11.6. The molecule has 76 valence electrons. The van der Waals surface area contributed by atoms with Crippen molar-refractivity contribution in [3.05, 3.63) is 27.4 Å². The predicted molar refractivity (Wildman–Crippen MR) is 54.1 cm³/mol. The lowest BCUT2D eigenvalue weighted by atomic mass is 9.97. The van der Waals surface area contributed by atoms with Crippen molar-refractivity contribution in [2.24, 2.45) is 5.73 Å². The van der Waals surface area contributed by atoms with Crippen LogP contribution in [-0.4, -0.2) is 9.97 Å². The molecular formula is C10H15N3O. The minimum atomic E-state index is -0.199. The highest BCUT2D eigenvalue weighted by molar-refractivity contribution is 5.21. The van der Waals surface area contributed by atoms with Crippen LogP contribution in [-0.2, 0) is 12.8 Å². The van der Waals surface area contributed by atoms with E-state index in [0.29, 0.717) is 5.82 Å². The minimum absolute atomic E-state index is 0.00185. The molecule has 0 bridgehead atoms. The van der Waals surface area contributed by atoms with Gasteiger partial charge in [-0.3, -0.25) is 4.79 Å². The number of H-pyrrole nitrogens is 1. The number of aryl methyl sites for hydroxylation is 1. The molecule has 3 N–H and O–H groups in total. The number of hydrogen-bond donors (Lipinski definition) is 2. The zero-order valence-electron chi connectivity index (χ0n) is 8.34. The summed E-state index contributed by atoms with van der Waals surface area (Å²) in [4.78, 5) is 18.8. The van der Waals surface area contributed by atoms with Gasteiger partial charge in [0.15, 0.2) is 0 Å². The maximum Gasteiger partial charge on any atom is 0.254 e. The number of rotatable bonds is 1. The average molecular weight is 193 g/mol. The number of aromatic amines is 1. The van der Waals surface area contributed by atoms with Crippen LogP contribution in [0.25, 0.3) is 0 Å². The third-order valence-electron chi connectivity index (χ3n) is 2.64. The second kappa shape index (κ2) is 3.53. The molecule has 1 aromatic heterocycles. The molecule has 1 heterocycles. The lowest BCUT2D eigenvalue weighted by Crippen LogP contribution is -2.25. The molecule has 1 aromatic rings. The summed E-state index contributed by atoms with van der Waals surface area (Å²) >= 11 is 0. The van der Waals surface area contributed by atoms with E-state index < -0.39 is 0 Å². The van der Waals surface area contributed by atoms with Crippen molar-refractivity contribution in [1.82, 2.24) is 9.97 Å². The van der Waals surface area contributed by atoms with Crippen LogP contribution in [0.3, 0.4) is 0 Å². The Balaban J connectivity index is 2.52. The lowest BCUT2D eigenvalue weighted by Gasteiger charge is -2.15. The van der Waals surface area contributed by atoms with Gasteiger partial charge < -0.3 is 10.7 Å². The van der Waals surface area contributed by atoms with Gasteiger partial charge in [-0.15, -0.1) is 0 Å². The molecule has 0 saturated heterocycles. The topological polar surface area (TPSA) is 71.8 Å². The maximum atomic E-state index is 11.6. The molecule has 0 aliphatic heterocycles. The molecule has 0 amide bonds. The molecule has 2 rings (SSSR count). The van der Waals surface area contributed by atoms with Crippen LogP contribution in [0.2, 0.25) is 0 Å². The van der Waals surface area contributed by atoms with Gasteiger partial charge in [0.2, 0.25) is 0 Å². The second-order valence-corrected chi connectivity index (χ2v) is 3.87. The Morgan fingerprint density at radius 2 is 2.14 bits per heavy atom. The van der Waals surface area contributed by atoms with E-state index in [1.54, 1.807) is 0 Å². The molecule has 4 heteroatoms. The lowest BCUT2D eigenvalue weighted by molar-refractivity contribution is 0.631. The van der Waals surface area contributed by atoms with Gasteiger partial charge in [-0.2, -0.15) is 0 Å². The summed E-state index contributed by atoms with van der Waals surface area (Å²) in [6.45, 7) is 1.83. The fraction of sp³-hybridized carbons (Fsp3) is 0.600. The Labute approximate surface area is 82.6 Å². The minimum Gasteiger partial charge on any atom is -0.322 e. The van der Waals surface area contributed by atoms with E-state index in [9.17, 15) is 4.79 Å². The van der Waals surface area contributed by atoms with Crippen LogP contribution in [0.15, 0.2) is 4.79 Å². The standard InChI is InChI=1S/C10H15N3O/c1-6(11)9-12-8-5-3-2-4-7(8)10(14)13-9/h6H,2-5,11H2,1H3,(H,12,13,14). The van der Waals surface area contributed by atoms with Crippen LogP contribution in [0.5, 0.6) is 0 Å². The monoisotopic (exact) mass is 193 g/mol. The highest BCUT2D eigenvalue weighted by Crippen LogP contribution is 2.16. The summed E-state index contributed by atoms with van der Waals surface area (Å²) in [6, 6.07) is -0.199. The van der Waals surface area contributed by atoms with E-state index in [2.05, 4.69) is 9.97 Å². The van der Waals surface area contributed by atoms with Gasteiger partial charge in [0.1, 0.15) is 5.82 Å². The van der Waals surface area contributed by atoms with Crippen LogP contribution in [0, 0.1) is 0 Å².